The van der Waals surface area contributed by atoms with Crippen molar-refractivity contribution in [2.45, 2.75) is 44.4 Å². The largest absolute Gasteiger partial charge is 0.381 e. The number of hydrogen-bond acceptors (Lipinski definition) is 3. The molecule has 0 aromatic heterocycles. The highest BCUT2D eigenvalue weighted by atomic mass is 16.5. The van der Waals surface area contributed by atoms with E-state index in [1.54, 1.807) is 0 Å². The van der Waals surface area contributed by atoms with Crippen LogP contribution in [-0.4, -0.2) is 37.2 Å². The van der Waals surface area contributed by atoms with E-state index < -0.39 is 0 Å². The van der Waals surface area contributed by atoms with Crippen LogP contribution in [0.3, 0.4) is 0 Å². The lowest BCUT2D eigenvalue weighted by Gasteiger charge is -2.43. The average molecular weight is 262 g/mol. The normalized spacial score (nSPS) is 26.3. The third kappa shape index (κ3) is 3.35. The highest BCUT2D eigenvalue weighted by molar-refractivity contribution is 5.19. The Morgan fingerprint density at radius 3 is 2.68 bits per heavy atom. The summed E-state index contributed by atoms with van der Waals surface area (Å²) < 4.78 is 5.51. The molecule has 1 aliphatic heterocycles. The number of rotatable bonds is 5. The molecule has 19 heavy (non-hydrogen) atoms. The molecule has 2 rings (SSSR count). The van der Waals surface area contributed by atoms with E-state index in [0.717, 1.165) is 25.8 Å². The molecule has 3 heteroatoms. The molecule has 2 N–H and O–H groups in total. The molecule has 1 heterocycles. The van der Waals surface area contributed by atoms with Gasteiger partial charge in [0.1, 0.15) is 0 Å². The first-order valence-electron chi connectivity index (χ1n) is 7.33. The molecule has 0 saturated carbocycles. The Balaban J connectivity index is 2.14. The smallest absolute Gasteiger partial charge is 0.0599 e. The molecule has 1 saturated heterocycles. The summed E-state index contributed by atoms with van der Waals surface area (Å²) in [7, 11) is 1.81. The minimum Gasteiger partial charge on any atom is -0.381 e. The minimum absolute atomic E-state index is 0.373. The van der Waals surface area contributed by atoms with Crippen molar-refractivity contribution in [1.82, 2.24) is 4.90 Å². The zero-order valence-corrected chi connectivity index (χ0v) is 12.1. The lowest BCUT2D eigenvalue weighted by Crippen LogP contribution is -2.49. The summed E-state index contributed by atoms with van der Waals surface area (Å²) in [6.45, 7) is 4.05. The molecule has 0 radical (unpaired) electrons. The van der Waals surface area contributed by atoms with E-state index in [1.165, 1.54) is 5.56 Å². The van der Waals surface area contributed by atoms with E-state index >= 15 is 0 Å². The first-order valence-corrected chi connectivity index (χ1v) is 7.33. The monoisotopic (exact) mass is 262 g/mol. The average Bonchev–Trinajstić information content (AvgIpc) is 2.49. The van der Waals surface area contributed by atoms with Crippen LogP contribution in [0.15, 0.2) is 30.3 Å². The summed E-state index contributed by atoms with van der Waals surface area (Å²) in [6.07, 6.45) is 3.66. The topological polar surface area (TPSA) is 38.5 Å². The van der Waals surface area contributed by atoms with Gasteiger partial charge in [-0.25, -0.2) is 0 Å². The van der Waals surface area contributed by atoms with Crippen molar-refractivity contribution >= 4 is 0 Å². The van der Waals surface area contributed by atoms with E-state index in [1.807, 2.05) is 7.11 Å². The molecule has 1 aliphatic rings. The molecule has 0 bridgehead atoms. The molecule has 3 unspecified atom stereocenters. The van der Waals surface area contributed by atoms with Gasteiger partial charge in [0.25, 0.3) is 0 Å². The maximum atomic E-state index is 5.98. The molecule has 0 amide bonds. The van der Waals surface area contributed by atoms with Crippen LogP contribution in [0.25, 0.3) is 0 Å². The fourth-order valence-electron chi connectivity index (χ4n) is 3.23. The zero-order chi connectivity index (χ0) is 13.7. The number of benzene rings is 1. The minimum atomic E-state index is 0.373. The number of nitrogens with two attached hydrogens (primary N) is 1. The fraction of sp³-hybridized carbons (Fsp3) is 0.625. The van der Waals surface area contributed by atoms with Crippen molar-refractivity contribution in [3.05, 3.63) is 35.9 Å². The van der Waals surface area contributed by atoms with Gasteiger partial charge in [0, 0.05) is 32.3 Å². The van der Waals surface area contributed by atoms with Crippen molar-refractivity contribution < 1.29 is 4.74 Å². The van der Waals surface area contributed by atoms with Gasteiger partial charge in [-0.1, -0.05) is 37.3 Å². The maximum Gasteiger partial charge on any atom is 0.0599 e. The second-order valence-corrected chi connectivity index (χ2v) is 5.34. The predicted molar refractivity (Wildman–Crippen MR) is 79.1 cm³/mol. The molecule has 106 valence electrons. The van der Waals surface area contributed by atoms with Crippen LogP contribution in [0.1, 0.15) is 37.8 Å². The summed E-state index contributed by atoms with van der Waals surface area (Å²) in [5, 5.41) is 0. The van der Waals surface area contributed by atoms with Crippen molar-refractivity contribution in [3.8, 4) is 0 Å². The highest BCUT2D eigenvalue weighted by Crippen LogP contribution is 2.31. The quantitative estimate of drug-likeness (QED) is 0.886. The van der Waals surface area contributed by atoms with Crippen molar-refractivity contribution in [3.63, 3.8) is 0 Å². The Morgan fingerprint density at radius 1 is 1.37 bits per heavy atom. The highest BCUT2D eigenvalue weighted by Gasteiger charge is 2.32. The molecule has 1 aromatic rings. The lowest BCUT2D eigenvalue weighted by molar-refractivity contribution is -0.00554. The van der Waals surface area contributed by atoms with Crippen LogP contribution in [0.4, 0.5) is 0 Å². The Bertz CT molecular complexity index is 368. The lowest BCUT2D eigenvalue weighted by atomic mass is 9.93. The Kier molecular flexibility index (Phi) is 5.37. The van der Waals surface area contributed by atoms with E-state index in [2.05, 4.69) is 42.2 Å². The number of hydrogen-bond donors (Lipinski definition) is 1. The van der Waals surface area contributed by atoms with Gasteiger partial charge in [-0.2, -0.15) is 0 Å². The van der Waals surface area contributed by atoms with Crippen LogP contribution in [0.5, 0.6) is 0 Å². The number of piperidine rings is 1. The number of likely N-dealkylation sites (tertiary alicyclic amines) is 1. The first kappa shape index (κ1) is 14.5. The Morgan fingerprint density at radius 2 is 2.11 bits per heavy atom. The second-order valence-electron chi connectivity index (χ2n) is 5.34. The van der Waals surface area contributed by atoms with Gasteiger partial charge in [0.05, 0.1) is 6.10 Å². The first-order chi connectivity index (χ1) is 9.30. The fourth-order valence-corrected chi connectivity index (χ4v) is 3.23. The van der Waals surface area contributed by atoms with E-state index in [-0.39, 0.29) is 0 Å². The zero-order valence-electron chi connectivity index (χ0n) is 12.1. The summed E-state index contributed by atoms with van der Waals surface area (Å²) in [6, 6.07) is 11.7. The van der Waals surface area contributed by atoms with Gasteiger partial charge in [0.15, 0.2) is 0 Å². The summed E-state index contributed by atoms with van der Waals surface area (Å²) in [4.78, 5) is 2.57. The Hall–Kier alpha value is -0.900. The van der Waals surface area contributed by atoms with Gasteiger partial charge in [-0.15, -0.1) is 0 Å². The molecule has 3 nitrogen and oxygen atoms in total. The summed E-state index contributed by atoms with van der Waals surface area (Å²) in [5.41, 5.74) is 7.39. The van der Waals surface area contributed by atoms with Gasteiger partial charge < -0.3 is 10.5 Å². The van der Waals surface area contributed by atoms with Crippen LogP contribution in [-0.2, 0) is 4.74 Å². The standard InChI is InChI=1S/C16H26N2O/c1-3-16(13-7-5-4-6-8-13)18-10-9-15(19-2)11-14(18)12-17/h4-8,14-16H,3,9-12,17H2,1-2H3. The van der Waals surface area contributed by atoms with E-state index in [4.69, 9.17) is 10.5 Å². The number of ether oxygens (including phenoxy) is 1. The molecule has 0 spiro atoms. The van der Waals surface area contributed by atoms with Gasteiger partial charge >= 0.3 is 0 Å². The van der Waals surface area contributed by atoms with Crippen LogP contribution in [0, 0.1) is 0 Å². The SMILES string of the molecule is CCC(c1ccccc1)N1CCC(OC)CC1CN. The third-order valence-electron chi connectivity index (χ3n) is 4.29. The number of nitrogens with zero attached hydrogens (tertiary/aromatic N) is 1. The second kappa shape index (κ2) is 7.04. The van der Waals surface area contributed by atoms with E-state index in [9.17, 15) is 0 Å². The third-order valence-corrected chi connectivity index (χ3v) is 4.29. The van der Waals surface area contributed by atoms with Crippen molar-refractivity contribution in [2.24, 2.45) is 5.73 Å². The maximum absolute atomic E-state index is 5.98. The molecule has 1 aromatic carbocycles. The van der Waals surface area contributed by atoms with Gasteiger partial charge in [-0.05, 0) is 24.8 Å². The van der Waals surface area contributed by atoms with Crippen LogP contribution < -0.4 is 5.73 Å². The summed E-state index contributed by atoms with van der Waals surface area (Å²) in [5.74, 6) is 0. The van der Waals surface area contributed by atoms with Gasteiger partial charge in [-0.3, -0.25) is 4.90 Å². The van der Waals surface area contributed by atoms with Crippen molar-refractivity contribution in [1.29, 1.82) is 0 Å². The van der Waals surface area contributed by atoms with Crippen LogP contribution >= 0.6 is 0 Å². The molecule has 0 aliphatic carbocycles. The van der Waals surface area contributed by atoms with Crippen LogP contribution in [0.2, 0.25) is 0 Å². The molecule has 1 fully saturated rings. The predicted octanol–water partition coefficient (Wildman–Crippen LogP) is 2.58. The van der Waals surface area contributed by atoms with E-state index in [0.29, 0.717) is 24.7 Å². The number of methoxy groups -OCH3 is 1. The molecular weight excluding hydrogens is 236 g/mol. The molecule has 3 atom stereocenters. The van der Waals surface area contributed by atoms with Crippen molar-refractivity contribution in [2.75, 3.05) is 20.2 Å². The van der Waals surface area contributed by atoms with Gasteiger partial charge in [0.2, 0.25) is 0 Å². The molecular formula is C16H26N2O. The summed E-state index contributed by atoms with van der Waals surface area (Å²) >= 11 is 0. The Labute approximate surface area is 116 Å².